The molecule has 1 rings (SSSR count). The summed E-state index contributed by atoms with van der Waals surface area (Å²) in [5.41, 5.74) is 0. The van der Waals surface area contributed by atoms with Crippen LogP contribution in [0.4, 0.5) is 4.79 Å². The van der Waals surface area contributed by atoms with E-state index in [0.717, 1.165) is 38.9 Å². The van der Waals surface area contributed by atoms with Crippen LogP contribution in [0.1, 0.15) is 26.2 Å². The molecule has 2 amide bonds. The molecule has 1 heterocycles. The SMILES string of the molecule is BN1CCC(NC(=O)NCCC)CC1. The maximum absolute atomic E-state index is 11.3. The molecular weight excluding hydrogens is 177 g/mol. The molecule has 0 atom stereocenters. The fraction of sp³-hybridized carbons (Fsp3) is 0.889. The second-order valence-corrected chi connectivity index (χ2v) is 3.98. The molecule has 14 heavy (non-hydrogen) atoms. The molecule has 0 aromatic carbocycles. The summed E-state index contributed by atoms with van der Waals surface area (Å²) < 4.78 is 0. The highest BCUT2D eigenvalue weighted by Crippen LogP contribution is 2.07. The van der Waals surface area contributed by atoms with Crippen molar-refractivity contribution in [3.63, 3.8) is 0 Å². The minimum Gasteiger partial charge on any atom is -0.349 e. The van der Waals surface area contributed by atoms with Crippen LogP contribution in [0.25, 0.3) is 0 Å². The van der Waals surface area contributed by atoms with Crippen molar-refractivity contribution >= 4 is 14.0 Å². The zero-order chi connectivity index (χ0) is 10.4. The van der Waals surface area contributed by atoms with Gasteiger partial charge in [0.1, 0.15) is 0 Å². The summed E-state index contributed by atoms with van der Waals surface area (Å²) in [4.78, 5) is 13.6. The number of urea groups is 1. The van der Waals surface area contributed by atoms with Gasteiger partial charge in [0.05, 0.1) is 0 Å². The summed E-state index contributed by atoms with van der Waals surface area (Å²) in [5.74, 6) is 0. The number of piperidine rings is 1. The number of hydrogen-bond donors (Lipinski definition) is 2. The molecule has 2 N–H and O–H groups in total. The Morgan fingerprint density at radius 2 is 2.14 bits per heavy atom. The van der Waals surface area contributed by atoms with E-state index in [1.807, 2.05) is 0 Å². The molecule has 5 heteroatoms. The van der Waals surface area contributed by atoms with Gasteiger partial charge in [-0.25, -0.2) is 4.79 Å². The Hall–Kier alpha value is -0.705. The van der Waals surface area contributed by atoms with Gasteiger partial charge in [0.15, 0.2) is 7.98 Å². The molecule has 0 radical (unpaired) electrons. The maximum Gasteiger partial charge on any atom is 0.315 e. The van der Waals surface area contributed by atoms with Gasteiger partial charge in [0, 0.05) is 12.6 Å². The zero-order valence-electron chi connectivity index (χ0n) is 9.18. The average molecular weight is 197 g/mol. The Kier molecular flexibility index (Phi) is 4.80. The molecule has 0 aliphatic carbocycles. The Morgan fingerprint density at radius 1 is 1.50 bits per heavy atom. The van der Waals surface area contributed by atoms with Gasteiger partial charge in [-0.15, -0.1) is 0 Å². The summed E-state index contributed by atoms with van der Waals surface area (Å²) in [7, 11) is 2.12. The van der Waals surface area contributed by atoms with Crippen LogP contribution in [-0.4, -0.2) is 44.5 Å². The van der Waals surface area contributed by atoms with E-state index in [1.165, 1.54) is 0 Å². The predicted octanol–water partition coefficient (Wildman–Crippen LogP) is -0.292. The fourth-order valence-electron chi connectivity index (χ4n) is 1.63. The Morgan fingerprint density at radius 3 is 2.71 bits per heavy atom. The molecule has 0 saturated carbocycles. The van der Waals surface area contributed by atoms with Crippen molar-refractivity contribution in [2.24, 2.45) is 0 Å². The van der Waals surface area contributed by atoms with Gasteiger partial charge in [0.25, 0.3) is 0 Å². The molecule has 1 fully saturated rings. The highest BCUT2D eigenvalue weighted by atomic mass is 16.2. The normalized spacial score (nSPS) is 19.2. The van der Waals surface area contributed by atoms with Crippen LogP contribution in [0.15, 0.2) is 0 Å². The van der Waals surface area contributed by atoms with E-state index < -0.39 is 0 Å². The van der Waals surface area contributed by atoms with E-state index >= 15 is 0 Å². The zero-order valence-corrected chi connectivity index (χ0v) is 9.18. The third-order valence-electron chi connectivity index (χ3n) is 2.59. The van der Waals surface area contributed by atoms with Gasteiger partial charge in [0.2, 0.25) is 0 Å². The lowest BCUT2D eigenvalue weighted by molar-refractivity contribution is 0.228. The monoisotopic (exact) mass is 197 g/mol. The summed E-state index contributed by atoms with van der Waals surface area (Å²) in [6, 6.07) is 0.351. The van der Waals surface area contributed by atoms with Gasteiger partial charge in [-0.1, -0.05) is 6.92 Å². The van der Waals surface area contributed by atoms with Crippen LogP contribution >= 0.6 is 0 Å². The van der Waals surface area contributed by atoms with E-state index in [4.69, 9.17) is 0 Å². The van der Waals surface area contributed by atoms with Crippen molar-refractivity contribution in [3.05, 3.63) is 0 Å². The Labute approximate surface area is 86.8 Å². The van der Waals surface area contributed by atoms with Crippen LogP contribution in [0, 0.1) is 0 Å². The van der Waals surface area contributed by atoms with Crippen molar-refractivity contribution < 1.29 is 4.79 Å². The molecule has 0 aromatic heterocycles. The average Bonchev–Trinajstić information content (AvgIpc) is 2.18. The molecular formula is C9H20BN3O. The number of carbonyl (C=O) groups excluding carboxylic acids is 1. The number of nitrogens with zero attached hydrogens (tertiary/aromatic N) is 1. The first-order valence-corrected chi connectivity index (χ1v) is 5.45. The number of nitrogens with one attached hydrogen (secondary N) is 2. The summed E-state index contributed by atoms with van der Waals surface area (Å²) in [5, 5.41) is 5.82. The highest BCUT2D eigenvalue weighted by molar-refractivity contribution is 6.04. The number of rotatable bonds is 3. The molecule has 4 nitrogen and oxygen atoms in total. The molecule has 1 aliphatic rings. The smallest absolute Gasteiger partial charge is 0.315 e. The summed E-state index contributed by atoms with van der Waals surface area (Å²) in [6.07, 6.45) is 3.12. The molecule has 0 unspecified atom stereocenters. The van der Waals surface area contributed by atoms with Gasteiger partial charge in [-0.05, 0) is 32.4 Å². The minimum atomic E-state index is -0.0126. The third-order valence-corrected chi connectivity index (χ3v) is 2.59. The summed E-state index contributed by atoms with van der Waals surface area (Å²) in [6.45, 7) is 4.98. The molecule has 0 bridgehead atoms. The van der Waals surface area contributed by atoms with E-state index in [-0.39, 0.29) is 6.03 Å². The van der Waals surface area contributed by atoms with E-state index in [9.17, 15) is 4.79 Å². The lowest BCUT2D eigenvalue weighted by Crippen LogP contribution is -2.47. The van der Waals surface area contributed by atoms with Crippen molar-refractivity contribution in [1.29, 1.82) is 0 Å². The number of hydrogen-bond acceptors (Lipinski definition) is 2. The molecule has 1 aliphatic heterocycles. The van der Waals surface area contributed by atoms with E-state index in [1.54, 1.807) is 0 Å². The Balaban J connectivity index is 2.14. The quantitative estimate of drug-likeness (QED) is 0.610. The van der Waals surface area contributed by atoms with Gasteiger partial charge >= 0.3 is 6.03 Å². The molecule has 0 aromatic rings. The predicted molar refractivity (Wildman–Crippen MR) is 60.0 cm³/mol. The van der Waals surface area contributed by atoms with Gasteiger partial charge < -0.3 is 15.4 Å². The first-order chi connectivity index (χ1) is 6.72. The Bertz CT molecular complexity index is 181. The fourth-order valence-corrected chi connectivity index (χ4v) is 1.63. The topological polar surface area (TPSA) is 44.4 Å². The van der Waals surface area contributed by atoms with Crippen molar-refractivity contribution in [2.45, 2.75) is 32.2 Å². The lowest BCUT2D eigenvalue weighted by Gasteiger charge is -2.29. The first-order valence-electron chi connectivity index (χ1n) is 5.45. The lowest BCUT2D eigenvalue weighted by atomic mass is 10.0. The van der Waals surface area contributed by atoms with Crippen LogP contribution in [0.2, 0.25) is 0 Å². The third kappa shape index (κ3) is 4.00. The molecule has 1 saturated heterocycles. The first kappa shape index (κ1) is 11.4. The second-order valence-electron chi connectivity index (χ2n) is 3.98. The minimum absolute atomic E-state index is 0.0126. The number of amides is 2. The van der Waals surface area contributed by atoms with Gasteiger partial charge in [-0.3, -0.25) is 0 Å². The largest absolute Gasteiger partial charge is 0.349 e. The van der Waals surface area contributed by atoms with E-state index in [0.29, 0.717) is 6.04 Å². The standard InChI is InChI=1S/C9H20BN3O/c1-2-5-11-9(14)12-8-3-6-13(10)7-4-8/h8H,2-7,10H2,1H3,(H2,11,12,14). The molecule has 80 valence electrons. The van der Waals surface area contributed by atoms with Gasteiger partial charge in [-0.2, -0.15) is 0 Å². The second kappa shape index (κ2) is 5.91. The van der Waals surface area contributed by atoms with Crippen LogP contribution in [-0.2, 0) is 0 Å². The highest BCUT2D eigenvalue weighted by Gasteiger charge is 2.17. The van der Waals surface area contributed by atoms with Crippen molar-refractivity contribution in [2.75, 3.05) is 19.6 Å². The van der Waals surface area contributed by atoms with Crippen LogP contribution in [0.3, 0.4) is 0 Å². The number of carbonyl (C=O) groups is 1. The maximum atomic E-state index is 11.3. The van der Waals surface area contributed by atoms with Crippen molar-refractivity contribution in [3.8, 4) is 0 Å². The van der Waals surface area contributed by atoms with Crippen molar-refractivity contribution in [1.82, 2.24) is 15.4 Å². The van der Waals surface area contributed by atoms with E-state index in [2.05, 4.69) is 30.3 Å². The van der Waals surface area contributed by atoms with Crippen LogP contribution in [0.5, 0.6) is 0 Å². The summed E-state index contributed by atoms with van der Waals surface area (Å²) >= 11 is 0. The molecule has 0 spiro atoms. The van der Waals surface area contributed by atoms with Crippen LogP contribution < -0.4 is 10.6 Å².